The fraction of sp³-hybridized carbons (Fsp3) is 0.600. The maximum atomic E-state index is 11.8. The van der Waals surface area contributed by atoms with Crippen LogP contribution in [-0.2, 0) is 14.8 Å². The summed E-state index contributed by atoms with van der Waals surface area (Å²) in [5.41, 5.74) is 1.64. The van der Waals surface area contributed by atoms with Gasteiger partial charge in [0.2, 0.25) is 10.0 Å². The molecule has 21 heavy (non-hydrogen) atoms. The van der Waals surface area contributed by atoms with E-state index in [4.69, 9.17) is 4.74 Å². The molecule has 1 heterocycles. The van der Waals surface area contributed by atoms with Crippen molar-refractivity contribution in [3.63, 3.8) is 0 Å². The van der Waals surface area contributed by atoms with Gasteiger partial charge in [0.1, 0.15) is 0 Å². The number of nitrogens with zero attached hydrogens (tertiary/aromatic N) is 1. The number of hydrogen-bond donors (Lipinski definition) is 1. The van der Waals surface area contributed by atoms with Crippen LogP contribution in [0, 0.1) is 0 Å². The Morgan fingerprint density at radius 1 is 1.29 bits per heavy atom. The molecule has 6 heteroatoms. The van der Waals surface area contributed by atoms with Crippen molar-refractivity contribution < 1.29 is 13.2 Å². The molecule has 5 nitrogen and oxygen atoms in total. The lowest BCUT2D eigenvalue weighted by Gasteiger charge is -2.43. The molecule has 1 aliphatic rings. The number of ether oxygens (including phenoxy) is 1. The predicted molar refractivity (Wildman–Crippen MR) is 86.4 cm³/mol. The zero-order chi connectivity index (χ0) is 15.5. The lowest BCUT2D eigenvalue weighted by atomic mass is 10.0. The fourth-order valence-corrected chi connectivity index (χ4v) is 3.68. The minimum Gasteiger partial charge on any atom is -0.377 e. The number of anilines is 2. The summed E-state index contributed by atoms with van der Waals surface area (Å²) in [4.78, 5) is 2.29. The molecular weight excluding hydrogens is 288 g/mol. The lowest BCUT2D eigenvalue weighted by molar-refractivity contribution is 0.0644. The standard InChI is InChI=1S/C15H24N2O3S/c1-4-11-21(18,19)16-13-5-7-14(8-6-13)17-9-10-20-12-15(17,2)3/h5-8,16H,4,9-12H2,1-3H3. The van der Waals surface area contributed by atoms with Gasteiger partial charge in [-0.1, -0.05) is 6.92 Å². The summed E-state index contributed by atoms with van der Waals surface area (Å²) >= 11 is 0. The van der Waals surface area contributed by atoms with E-state index in [2.05, 4.69) is 23.5 Å². The highest BCUT2D eigenvalue weighted by atomic mass is 32.2. The molecule has 0 aliphatic carbocycles. The van der Waals surface area contributed by atoms with Gasteiger partial charge in [-0.15, -0.1) is 0 Å². The van der Waals surface area contributed by atoms with Gasteiger partial charge in [-0.2, -0.15) is 0 Å². The summed E-state index contributed by atoms with van der Waals surface area (Å²) in [7, 11) is -3.23. The van der Waals surface area contributed by atoms with Crippen LogP contribution in [0.1, 0.15) is 27.2 Å². The highest BCUT2D eigenvalue weighted by Gasteiger charge is 2.30. The third kappa shape index (κ3) is 4.11. The van der Waals surface area contributed by atoms with Crippen LogP contribution in [0.4, 0.5) is 11.4 Å². The Morgan fingerprint density at radius 2 is 1.95 bits per heavy atom. The van der Waals surface area contributed by atoms with E-state index in [1.807, 2.05) is 31.2 Å². The normalized spacial score (nSPS) is 18.5. The Balaban J connectivity index is 2.12. The molecule has 1 aliphatic heterocycles. The Kier molecular flexibility index (Phi) is 4.78. The summed E-state index contributed by atoms with van der Waals surface area (Å²) < 4.78 is 31.6. The molecule has 0 bridgehead atoms. The number of morpholine rings is 1. The van der Waals surface area contributed by atoms with Gasteiger partial charge in [0.25, 0.3) is 0 Å². The van der Waals surface area contributed by atoms with Gasteiger partial charge in [0.15, 0.2) is 0 Å². The van der Waals surface area contributed by atoms with E-state index in [0.717, 1.165) is 12.2 Å². The Morgan fingerprint density at radius 3 is 2.52 bits per heavy atom. The molecule has 1 fully saturated rings. The van der Waals surface area contributed by atoms with Crippen LogP contribution in [0.3, 0.4) is 0 Å². The molecular formula is C15H24N2O3S. The summed E-state index contributed by atoms with van der Waals surface area (Å²) in [5, 5.41) is 0. The first-order valence-corrected chi connectivity index (χ1v) is 8.95. The molecule has 0 saturated carbocycles. The molecule has 1 saturated heterocycles. The smallest absolute Gasteiger partial charge is 0.232 e. The Bertz CT molecular complexity index is 567. The van der Waals surface area contributed by atoms with Crippen molar-refractivity contribution in [2.75, 3.05) is 35.1 Å². The van der Waals surface area contributed by atoms with Crippen molar-refractivity contribution in [2.45, 2.75) is 32.7 Å². The van der Waals surface area contributed by atoms with E-state index in [1.54, 1.807) is 0 Å². The second-order valence-corrected chi connectivity index (χ2v) is 7.83. The number of benzene rings is 1. The largest absolute Gasteiger partial charge is 0.377 e. The molecule has 0 amide bonds. The van der Waals surface area contributed by atoms with Gasteiger partial charge in [-0.25, -0.2) is 8.42 Å². The van der Waals surface area contributed by atoms with E-state index in [0.29, 0.717) is 25.3 Å². The van der Waals surface area contributed by atoms with Crippen LogP contribution in [0.2, 0.25) is 0 Å². The van der Waals surface area contributed by atoms with Crippen molar-refractivity contribution >= 4 is 21.4 Å². The molecule has 0 radical (unpaired) electrons. The van der Waals surface area contributed by atoms with E-state index in [-0.39, 0.29) is 11.3 Å². The monoisotopic (exact) mass is 312 g/mol. The molecule has 118 valence electrons. The molecule has 0 unspecified atom stereocenters. The van der Waals surface area contributed by atoms with Crippen LogP contribution in [0.5, 0.6) is 0 Å². The van der Waals surface area contributed by atoms with Gasteiger partial charge < -0.3 is 9.64 Å². The molecule has 1 N–H and O–H groups in total. The van der Waals surface area contributed by atoms with E-state index >= 15 is 0 Å². The minimum atomic E-state index is -3.23. The molecule has 0 spiro atoms. The minimum absolute atomic E-state index is 0.0541. The van der Waals surface area contributed by atoms with Crippen molar-refractivity contribution in [3.05, 3.63) is 24.3 Å². The third-order valence-corrected chi connectivity index (χ3v) is 5.06. The van der Waals surface area contributed by atoms with Crippen molar-refractivity contribution in [3.8, 4) is 0 Å². The van der Waals surface area contributed by atoms with Crippen LogP contribution in [0.15, 0.2) is 24.3 Å². The number of hydrogen-bond acceptors (Lipinski definition) is 4. The zero-order valence-corrected chi connectivity index (χ0v) is 13.7. The summed E-state index contributed by atoms with van der Waals surface area (Å²) in [6.45, 7) is 8.39. The van der Waals surface area contributed by atoms with Gasteiger partial charge in [-0.3, -0.25) is 4.72 Å². The second-order valence-electron chi connectivity index (χ2n) is 5.98. The van der Waals surface area contributed by atoms with Crippen LogP contribution in [0.25, 0.3) is 0 Å². The maximum absolute atomic E-state index is 11.8. The molecule has 1 aromatic carbocycles. The van der Waals surface area contributed by atoms with E-state index < -0.39 is 10.0 Å². The average Bonchev–Trinajstić information content (AvgIpc) is 2.39. The predicted octanol–water partition coefficient (Wildman–Crippen LogP) is 2.45. The van der Waals surface area contributed by atoms with Crippen molar-refractivity contribution in [1.29, 1.82) is 0 Å². The number of rotatable bonds is 5. The maximum Gasteiger partial charge on any atom is 0.232 e. The highest BCUT2D eigenvalue weighted by Crippen LogP contribution is 2.28. The van der Waals surface area contributed by atoms with Gasteiger partial charge in [-0.05, 0) is 44.5 Å². The molecule has 1 aromatic rings. The Labute approximate surface area is 127 Å². The number of sulfonamides is 1. The van der Waals surface area contributed by atoms with E-state index in [1.165, 1.54) is 0 Å². The van der Waals surface area contributed by atoms with Gasteiger partial charge >= 0.3 is 0 Å². The van der Waals surface area contributed by atoms with Gasteiger partial charge in [0, 0.05) is 17.9 Å². The van der Waals surface area contributed by atoms with Crippen LogP contribution < -0.4 is 9.62 Å². The fourth-order valence-electron chi connectivity index (χ4n) is 2.55. The van der Waals surface area contributed by atoms with E-state index in [9.17, 15) is 8.42 Å². The van der Waals surface area contributed by atoms with Crippen molar-refractivity contribution in [2.24, 2.45) is 0 Å². The third-order valence-electron chi connectivity index (χ3n) is 3.57. The zero-order valence-electron chi connectivity index (χ0n) is 12.9. The topological polar surface area (TPSA) is 58.6 Å². The second kappa shape index (κ2) is 6.23. The molecule has 0 atom stereocenters. The highest BCUT2D eigenvalue weighted by molar-refractivity contribution is 7.92. The quantitative estimate of drug-likeness (QED) is 0.907. The van der Waals surface area contributed by atoms with Crippen LogP contribution in [-0.4, -0.2) is 39.5 Å². The molecule has 0 aromatic heterocycles. The lowest BCUT2D eigenvalue weighted by Crippen LogP contribution is -2.53. The first kappa shape index (κ1) is 16.1. The first-order valence-electron chi connectivity index (χ1n) is 7.30. The number of nitrogens with one attached hydrogen (secondary N) is 1. The van der Waals surface area contributed by atoms with Crippen LogP contribution >= 0.6 is 0 Å². The SMILES string of the molecule is CCCS(=O)(=O)Nc1ccc(N2CCOCC2(C)C)cc1. The van der Waals surface area contributed by atoms with Gasteiger partial charge in [0.05, 0.1) is 24.5 Å². The molecule has 2 rings (SSSR count). The average molecular weight is 312 g/mol. The first-order chi connectivity index (χ1) is 9.84. The summed E-state index contributed by atoms with van der Waals surface area (Å²) in [5.74, 6) is 0.144. The van der Waals surface area contributed by atoms with Crippen molar-refractivity contribution in [1.82, 2.24) is 0 Å². The Hall–Kier alpha value is -1.27. The summed E-state index contributed by atoms with van der Waals surface area (Å²) in [6, 6.07) is 7.54. The summed E-state index contributed by atoms with van der Waals surface area (Å²) in [6.07, 6.45) is 0.607.